The molecule has 0 fully saturated rings. The Kier molecular flexibility index (Phi) is 4.04. The van der Waals surface area contributed by atoms with Crippen molar-refractivity contribution < 1.29 is 9.90 Å². The van der Waals surface area contributed by atoms with Crippen LogP contribution in [0.15, 0.2) is 36.4 Å². The van der Waals surface area contributed by atoms with Crippen molar-refractivity contribution in [2.75, 3.05) is 18.3 Å². The molecule has 0 aliphatic rings. The van der Waals surface area contributed by atoms with Gasteiger partial charge in [0.25, 0.3) is 0 Å². The van der Waals surface area contributed by atoms with E-state index in [0.717, 1.165) is 21.9 Å². The average Bonchev–Trinajstić information content (AvgIpc) is 2.36. The van der Waals surface area contributed by atoms with E-state index in [1.807, 2.05) is 36.4 Å². The Balaban J connectivity index is 2.56. The third-order valence-corrected chi connectivity index (χ3v) is 3.74. The van der Waals surface area contributed by atoms with Crippen LogP contribution in [-0.2, 0) is 17.5 Å². The number of rotatable bonds is 4. The third kappa shape index (κ3) is 2.57. The lowest BCUT2D eigenvalue weighted by Gasteiger charge is -2.08. The Hall–Kier alpha value is -1.32. The summed E-state index contributed by atoms with van der Waals surface area (Å²) in [5.41, 5.74) is 1.64. The van der Waals surface area contributed by atoms with Gasteiger partial charge in [-0.1, -0.05) is 36.4 Å². The molecule has 0 aliphatic carbocycles. The van der Waals surface area contributed by atoms with Gasteiger partial charge in [0.1, 0.15) is 0 Å². The maximum Gasteiger partial charge on any atom is 0.212 e. The van der Waals surface area contributed by atoms with Crippen LogP contribution >= 0.6 is 0 Å². The van der Waals surface area contributed by atoms with Gasteiger partial charge < -0.3 is 5.11 Å². The maximum absolute atomic E-state index is 12.2. The SMILES string of the molecule is C[S+](C)CC(=O)c1ccc(CO)c2ccccc12. The lowest BCUT2D eigenvalue weighted by molar-refractivity contribution is 0.102. The fourth-order valence-corrected chi connectivity index (χ4v) is 2.76. The van der Waals surface area contributed by atoms with Crippen LogP contribution in [0, 0.1) is 0 Å². The van der Waals surface area contributed by atoms with E-state index in [2.05, 4.69) is 12.5 Å². The summed E-state index contributed by atoms with van der Waals surface area (Å²) in [6.45, 7) is 0.000907. The largest absolute Gasteiger partial charge is 0.392 e. The van der Waals surface area contributed by atoms with Crippen LogP contribution in [0.2, 0.25) is 0 Å². The van der Waals surface area contributed by atoms with Crippen LogP contribution in [0.4, 0.5) is 0 Å². The molecule has 0 heterocycles. The van der Waals surface area contributed by atoms with Gasteiger partial charge in [0.15, 0.2) is 5.75 Å². The molecule has 0 saturated heterocycles. The fourth-order valence-electron chi connectivity index (χ4n) is 2.08. The van der Waals surface area contributed by atoms with Gasteiger partial charge in [-0.15, -0.1) is 0 Å². The van der Waals surface area contributed by atoms with Crippen LogP contribution in [-0.4, -0.2) is 29.2 Å². The smallest absolute Gasteiger partial charge is 0.212 e. The number of hydrogen-bond donors (Lipinski definition) is 1. The van der Waals surface area contributed by atoms with Gasteiger partial charge in [-0.2, -0.15) is 0 Å². The molecule has 2 aromatic carbocycles. The van der Waals surface area contributed by atoms with Gasteiger partial charge in [0.05, 0.1) is 19.1 Å². The Bertz CT molecular complexity index is 576. The summed E-state index contributed by atoms with van der Waals surface area (Å²) in [6, 6.07) is 11.4. The molecule has 18 heavy (non-hydrogen) atoms. The zero-order valence-electron chi connectivity index (χ0n) is 10.6. The minimum atomic E-state index is 0.000907. The van der Waals surface area contributed by atoms with Crippen molar-refractivity contribution in [3.8, 4) is 0 Å². The summed E-state index contributed by atoms with van der Waals surface area (Å²) >= 11 is 0. The van der Waals surface area contributed by atoms with E-state index < -0.39 is 0 Å². The molecule has 2 aromatic rings. The zero-order valence-corrected chi connectivity index (χ0v) is 11.5. The standard InChI is InChI=1S/C15H17O2S/c1-18(2)10-15(17)14-8-7-11(9-16)12-5-3-4-6-13(12)14/h3-8,16H,9-10H2,1-2H3/q+1. The highest BCUT2D eigenvalue weighted by atomic mass is 32.2. The predicted octanol–water partition coefficient (Wildman–Crippen LogP) is 2.39. The van der Waals surface area contributed by atoms with E-state index >= 15 is 0 Å². The summed E-state index contributed by atoms with van der Waals surface area (Å²) in [7, 11) is 0.105. The van der Waals surface area contributed by atoms with E-state index in [9.17, 15) is 9.90 Å². The van der Waals surface area contributed by atoms with Crippen molar-refractivity contribution in [1.29, 1.82) is 0 Å². The Morgan fingerprint density at radius 2 is 1.78 bits per heavy atom. The third-order valence-electron chi connectivity index (χ3n) is 2.90. The first kappa shape index (κ1) is 13.1. The molecule has 3 heteroatoms. The van der Waals surface area contributed by atoms with E-state index in [4.69, 9.17) is 0 Å². The number of fused-ring (bicyclic) bond motifs is 1. The first-order chi connectivity index (χ1) is 8.63. The summed E-state index contributed by atoms with van der Waals surface area (Å²) < 4.78 is 0. The summed E-state index contributed by atoms with van der Waals surface area (Å²) in [6.07, 6.45) is 4.14. The van der Waals surface area contributed by atoms with Gasteiger partial charge in [0.2, 0.25) is 5.78 Å². The number of Topliss-reactive ketones (excluding diaryl/α,β-unsaturated/α-hetero) is 1. The second-order valence-corrected chi connectivity index (χ2v) is 6.79. The lowest BCUT2D eigenvalue weighted by atomic mass is 9.98. The van der Waals surface area contributed by atoms with Crippen molar-refractivity contribution >= 4 is 27.5 Å². The van der Waals surface area contributed by atoms with Crippen molar-refractivity contribution in [2.45, 2.75) is 6.61 Å². The highest BCUT2D eigenvalue weighted by Crippen LogP contribution is 2.23. The highest BCUT2D eigenvalue weighted by Gasteiger charge is 2.17. The minimum absolute atomic E-state index is 0.000907. The van der Waals surface area contributed by atoms with E-state index in [-0.39, 0.29) is 23.3 Å². The molecule has 0 spiro atoms. The summed E-state index contributed by atoms with van der Waals surface area (Å²) in [4.78, 5) is 12.2. The zero-order chi connectivity index (χ0) is 13.1. The molecule has 0 amide bonds. The Labute approximate surface area is 110 Å². The second-order valence-electron chi connectivity index (χ2n) is 4.53. The normalized spacial score (nSPS) is 11.1. The van der Waals surface area contributed by atoms with Gasteiger partial charge in [0, 0.05) is 5.56 Å². The number of hydrogen-bond acceptors (Lipinski definition) is 2. The molecule has 0 bridgehead atoms. The molecule has 0 aromatic heterocycles. The molecule has 94 valence electrons. The summed E-state index contributed by atoms with van der Waals surface area (Å²) in [5.74, 6) is 0.770. The van der Waals surface area contributed by atoms with Gasteiger partial charge in [-0.3, -0.25) is 4.79 Å². The van der Waals surface area contributed by atoms with Gasteiger partial charge >= 0.3 is 0 Å². The quantitative estimate of drug-likeness (QED) is 0.678. The molecule has 0 unspecified atom stereocenters. The molecule has 2 rings (SSSR count). The first-order valence-electron chi connectivity index (χ1n) is 5.82. The highest BCUT2D eigenvalue weighted by molar-refractivity contribution is 7.96. The van der Waals surface area contributed by atoms with Crippen molar-refractivity contribution in [3.63, 3.8) is 0 Å². The molecule has 0 atom stereocenters. The van der Waals surface area contributed by atoms with Crippen LogP contribution in [0.1, 0.15) is 15.9 Å². The van der Waals surface area contributed by atoms with Crippen LogP contribution < -0.4 is 0 Å². The molecular weight excluding hydrogens is 244 g/mol. The second kappa shape index (κ2) is 5.55. The lowest BCUT2D eigenvalue weighted by Crippen LogP contribution is -2.14. The summed E-state index contributed by atoms with van der Waals surface area (Å²) in [5, 5.41) is 11.2. The average molecular weight is 261 g/mol. The molecule has 0 aliphatic heterocycles. The van der Waals surface area contributed by atoms with Crippen molar-refractivity contribution in [3.05, 3.63) is 47.5 Å². The van der Waals surface area contributed by atoms with E-state index in [0.29, 0.717) is 5.75 Å². The topological polar surface area (TPSA) is 37.3 Å². The number of aliphatic hydroxyl groups excluding tert-OH is 1. The molecule has 1 N–H and O–H groups in total. The van der Waals surface area contributed by atoms with E-state index in [1.54, 1.807) is 0 Å². The Morgan fingerprint density at radius 1 is 1.11 bits per heavy atom. The van der Waals surface area contributed by atoms with Crippen LogP contribution in [0.25, 0.3) is 10.8 Å². The van der Waals surface area contributed by atoms with Gasteiger partial charge in [-0.25, -0.2) is 0 Å². The number of ketones is 1. The predicted molar refractivity (Wildman–Crippen MR) is 78.3 cm³/mol. The van der Waals surface area contributed by atoms with Crippen molar-refractivity contribution in [2.24, 2.45) is 0 Å². The number of carbonyl (C=O) groups is 1. The molecule has 0 saturated carbocycles. The Morgan fingerprint density at radius 3 is 2.39 bits per heavy atom. The minimum Gasteiger partial charge on any atom is -0.392 e. The van der Waals surface area contributed by atoms with E-state index in [1.165, 1.54) is 0 Å². The molecular formula is C15H17O2S+. The monoisotopic (exact) mass is 261 g/mol. The number of carbonyl (C=O) groups excluding carboxylic acids is 1. The maximum atomic E-state index is 12.2. The van der Waals surface area contributed by atoms with Gasteiger partial charge in [-0.05, 0) is 27.2 Å². The fraction of sp³-hybridized carbons (Fsp3) is 0.267. The number of aliphatic hydroxyl groups is 1. The molecule has 0 radical (unpaired) electrons. The molecule has 2 nitrogen and oxygen atoms in total. The van der Waals surface area contributed by atoms with Crippen LogP contribution in [0.5, 0.6) is 0 Å². The number of benzene rings is 2. The first-order valence-corrected chi connectivity index (χ1v) is 8.03. The van der Waals surface area contributed by atoms with Crippen LogP contribution in [0.3, 0.4) is 0 Å². The van der Waals surface area contributed by atoms with Crippen molar-refractivity contribution in [1.82, 2.24) is 0 Å².